The number of amides is 1. The first-order chi connectivity index (χ1) is 12.7. The third kappa shape index (κ3) is 7.08. The van der Waals surface area contributed by atoms with E-state index in [4.69, 9.17) is 34.8 Å². The van der Waals surface area contributed by atoms with Crippen LogP contribution in [0.25, 0.3) is 0 Å². The molecule has 2 aromatic carbocycles. The Kier molecular flexibility index (Phi) is 8.12. The Labute approximate surface area is 177 Å². The van der Waals surface area contributed by atoms with Gasteiger partial charge in [-0.15, -0.1) is 0 Å². The molecule has 0 spiro atoms. The molecule has 0 unspecified atom stereocenters. The standard InChI is InChI=1S/C17H17Cl3N2O3S2/c1-27(24,25)22-16-6-5-11(9-15(16)20)17(23)21-7-8-26-10-12-13(18)3-2-4-14(12)19/h2-6,9,22H,7-8,10H2,1H3,(H,21,23). The minimum Gasteiger partial charge on any atom is -0.351 e. The summed E-state index contributed by atoms with van der Waals surface area (Å²) in [6, 6.07) is 9.74. The number of sulfonamides is 1. The predicted octanol–water partition coefficient (Wildman–Crippen LogP) is 4.68. The van der Waals surface area contributed by atoms with Crippen LogP contribution in [0.1, 0.15) is 15.9 Å². The Balaban J connectivity index is 1.83. The van der Waals surface area contributed by atoms with Gasteiger partial charge in [0.25, 0.3) is 5.91 Å². The lowest BCUT2D eigenvalue weighted by molar-refractivity contribution is 0.0956. The molecule has 0 heterocycles. The highest BCUT2D eigenvalue weighted by atomic mass is 35.5. The summed E-state index contributed by atoms with van der Waals surface area (Å²) in [6.45, 7) is 0.451. The van der Waals surface area contributed by atoms with E-state index >= 15 is 0 Å². The molecule has 0 bridgehead atoms. The summed E-state index contributed by atoms with van der Waals surface area (Å²) < 4.78 is 24.8. The van der Waals surface area contributed by atoms with Crippen molar-refractivity contribution in [3.63, 3.8) is 0 Å². The van der Waals surface area contributed by atoms with Gasteiger partial charge in [0.2, 0.25) is 10.0 Å². The van der Waals surface area contributed by atoms with Crippen molar-refractivity contribution in [1.82, 2.24) is 5.32 Å². The van der Waals surface area contributed by atoms with E-state index < -0.39 is 10.0 Å². The van der Waals surface area contributed by atoms with E-state index in [0.717, 1.165) is 11.8 Å². The normalized spacial score (nSPS) is 11.3. The number of hydrogen-bond acceptors (Lipinski definition) is 4. The minimum absolute atomic E-state index is 0.149. The van der Waals surface area contributed by atoms with Crippen molar-refractivity contribution < 1.29 is 13.2 Å². The van der Waals surface area contributed by atoms with Gasteiger partial charge in [-0.05, 0) is 35.9 Å². The van der Waals surface area contributed by atoms with Crippen molar-refractivity contribution in [3.05, 3.63) is 62.6 Å². The van der Waals surface area contributed by atoms with Crippen molar-refractivity contribution in [2.45, 2.75) is 5.75 Å². The zero-order chi connectivity index (χ0) is 20.0. The van der Waals surface area contributed by atoms with Gasteiger partial charge in [0, 0.05) is 33.7 Å². The fourth-order valence-corrected chi connectivity index (χ4v) is 4.58. The molecule has 0 aliphatic carbocycles. The second-order valence-electron chi connectivity index (χ2n) is 5.58. The van der Waals surface area contributed by atoms with E-state index in [1.54, 1.807) is 30.0 Å². The number of carbonyl (C=O) groups is 1. The maximum atomic E-state index is 12.2. The highest BCUT2D eigenvalue weighted by Crippen LogP contribution is 2.28. The van der Waals surface area contributed by atoms with Gasteiger partial charge in [0.15, 0.2) is 0 Å². The minimum atomic E-state index is -3.44. The van der Waals surface area contributed by atoms with Crippen LogP contribution in [0.2, 0.25) is 15.1 Å². The number of nitrogens with one attached hydrogen (secondary N) is 2. The van der Waals surface area contributed by atoms with Gasteiger partial charge in [-0.3, -0.25) is 9.52 Å². The smallest absolute Gasteiger partial charge is 0.251 e. The van der Waals surface area contributed by atoms with Gasteiger partial charge in [-0.1, -0.05) is 40.9 Å². The van der Waals surface area contributed by atoms with Crippen LogP contribution >= 0.6 is 46.6 Å². The Morgan fingerprint density at radius 2 is 1.74 bits per heavy atom. The molecule has 146 valence electrons. The molecule has 2 N–H and O–H groups in total. The van der Waals surface area contributed by atoms with Crippen LogP contribution in [0.5, 0.6) is 0 Å². The monoisotopic (exact) mass is 466 g/mol. The maximum Gasteiger partial charge on any atom is 0.251 e. The van der Waals surface area contributed by atoms with Crippen LogP contribution in [0.4, 0.5) is 5.69 Å². The second-order valence-corrected chi connectivity index (χ2v) is 9.65. The van der Waals surface area contributed by atoms with Crippen LogP contribution in [0, 0.1) is 0 Å². The SMILES string of the molecule is CS(=O)(=O)Nc1ccc(C(=O)NCCSCc2c(Cl)cccc2Cl)cc1Cl. The van der Waals surface area contributed by atoms with Gasteiger partial charge in [0.1, 0.15) is 0 Å². The lowest BCUT2D eigenvalue weighted by atomic mass is 10.2. The molecular weight excluding hydrogens is 451 g/mol. The third-order valence-corrected chi connectivity index (χ3v) is 5.96. The van der Waals surface area contributed by atoms with E-state index in [2.05, 4.69) is 10.0 Å². The topological polar surface area (TPSA) is 75.3 Å². The van der Waals surface area contributed by atoms with E-state index in [9.17, 15) is 13.2 Å². The van der Waals surface area contributed by atoms with Crippen molar-refractivity contribution in [2.24, 2.45) is 0 Å². The van der Waals surface area contributed by atoms with Gasteiger partial charge in [0.05, 0.1) is 17.0 Å². The Bertz CT molecular complexity index is 917. The van der Waals surface area contributed by atoms with Crippen LogP contribution in [0.15, 0.2) is 36.4 Å². The van der Waals surface area contributed by atoms with E-state index in [0.29, 0.717) is 33.7 Å². The van der Waals surface area contributed by atoms with Crippen molar-refractivity contribution in [3.8, 4) is 0 Å². The molecule has 0 saturated carbocycles. The molecule has 0 aliphatic rings. The van der Waals surface area contributed by atoms with E-state index in [1.165, 1.54) is 18.2 Å². The van der Waals surface area contributed by atoms with Crippen molar-refractivity contribution >= 4 is 68.2 Å². The van der Waals surface area contributed by atoms with Crippen LogP contribution in [0.3, 0.4) is 0 Å². The van der Waals surface area contributed by atoms with Crippen LogP contribution < -0.4 is 10.0 Å². The molecule has 27 heavy (non-hydrogen) atoms. The first-order valence-corrected chi connectivity index (χ1v) is 11.9. The number of carbonyl (C=O) groups excluding carboxylic acids is 1. The molecule has 10 heteroatoms. The fraction of sp³-hybridized carbons (Fsp3) is 0.235. The molecular formula is C17H17Cl3N2O3S2. The van der Waals surface area contributed by atoms with Gasteiger partial charge >= 0.3 is 0 Å². The van der Waals surface area contributed by atoms with Crippen LogP contribution in [-0.2, 0) is 15.8 Å². The fourth-order valence-electron chi connectivity index (χ4n) is 2.12. The number of hydrogen-bond donors (Lipinski definition) is 2. The maximum absolute atomic E-state index is 12.2. The summed E-state index contributed by atoms with van der Waals surface area (Å²) in [5, 5.41) is 4.18. The Morgan fingerprint density at radius 1 is 1.07 bits per heavy atom. The summed E-state index contributed by atoms with van der Waals surface area (Å²) in [5.41, 5.74) is 1.44. The molecule has 0 fully saturated rings. The first kappa shape index (κ1) is 22.2. The lowest BCUT2D eigenvalue weighted by Gasteiger charge is -2.10. The van der Waals surface area contributed by atoms with Crippen molar-refractivity contribution in [2.75, 3.05) is 23.3 Å². The third-order valence-electron chi connectivity index (χ3n) is 3.37. The number of benzene rings is 2. The highest BCUT2D eigenvalue weighted by Gasteiger charge is 2.11. The highest BCUT2D eigenvalue weighted by molar-refractivity contribution is 7.98. The Hall–Kier alpha value is -1.12. The second kappa shape index (κ2) is 9.89. The molecule has 0 aromatic heterocycles. The number of thioether (sulfide) groups is 1. The summed E-state index contributed by atoms with van der Waals surface area (Å²) in [7, 11) is -3.44. The van der Waals surface area contributed by atoms with Crippen LogP contribution in [-0.4, -0.2) is 32.9 Å². The number of halogens is 3. The van der Waals surface area contributed by atoms with Gasteiger partial charge < -0.3 is 5.32 Å². The molecule has 0 aliphatic heterocycles. The molecule has 2 rings (SSSR count). The lowest BCUT2D eigenvalue weighted by Crippen LogP contribution is -2.25. The van der Waals surface area contributed by atoms with Gasteiger partial charge in [-0.2, -0.15) is 11.8 Å². The number of rotatable bonds is 8. The van der Waals surface area contributed by atoms with E-state index in [-0.39, 0.29) is 16.6 Å². The van der Waals surface area contributed by atoms with Gasteiger partial charge in [-0.25, -0.2) is 8.42 Å². The molecule has 0 atom stereocenters. The van der Waals surface area contributed by atoms with Crippen molar-refractivity contribution in [1.29, 1.82) is 0 Å². The summed E-state index contributed by atoms with van der Waals surface area (Å²) in [4.78, 5) is 12.2. The average Bonchev–Trinajstić information content (AvgIpc) is 2.57. The summed E-state index contributed by atoms with van der Waals surface area (Å²) in [6.07, 6.45) is 1.03. The summed E-state index contributed by atoms with van der Waals surface area (Å²) >= 11 is 19.9. The molecule has 0 radical (unpaired) electrons. The molecule has 1 amide bonds. The summed E-state index contributed by atoms with van der Waals surface area (Å²) in [5.74, 6) is 1.03. The molecule has 2 aromatic rings. The molecule has 0 saturated heterocycles. The zero-order valence-corrected chi connectivity index (χ0v) is 18.2. The quantitative estimate of drug-likeness (QED) is 0.553. The first-order valence-electron chi connectivity index (χ1n) is 7.73. The largest absolute Gasteiger partial charge is 0.351 e. The zero-order valence-electron chi connectivity index (χ0n) is 14.3. The van der Waals surface area contributed by atoms with E-state index in [1.807, 2.05) is 0 Å². The number of anilines is 1. The Morgan fingerprint density at radius 3 is 2.33 bits per heavy atom. The average molecular weight is 468 g/mol. The molecule has 5 nitrogen and oxygen atoms in total. The predicted molar refractivity (Wildman–Crippen MR) is 115 cm³/mol.